The van der Waals surface area contributed by atoms with Crippen LogP contribution in [0.5, 0.6) is 5.75 Å². The number of carbonyl (C=O) groups is 1. The standard InChI is InChI=1S/C17H18N2O2/c1-2-21-16-8-15(10-19-11-16)17(20)13-4-3-12-5-6-18-9-14(12)7-13/h3-4,7-8,10-11,18H,2,5-6,9H2,1H3. The molecule has 108 valence electrons. The van der Waals surface area contributed by atoms with E-state index in [1.54, 1.807) is 18.5 Å². The summed E-state index contributed by atoms with van der Waals surface area (Å²) in [7, 11) is 0. The molecule has 0 aliphatic carbocycles. The summed E-state index contributed by atoms with van der Waals surface area (Å²) in [5.74, 6) is 0.611. The van der Waals surface area contributed by atoms with E-state index in [0.29, 0.717) is 23.5 Å². The van der Waals surface area contributed by atoms with E-state index in [0.717, 1.165) is 19.5 Å². The Balaban J connectivity index is 1.89. The molecule has 2 aromatic rings. The maximum absolute atomic E-state index is 12.6. The molecule has 21 heavy (non-hydrogen) atoms. The largest absolute Gasteiger partial charge is 0.492 e. The van der Waals surface area contributed by atoms with Crippen molar-refractivity contribution < 1.29 is 9.53 Å². The van der Waals surface area contributed by atoms with E-state index in [2.05, 4.69) is 16.4 Å². The Kier molecular flexibility index (Phi) is 3.97. The molecule has 0 saturated carbocycles. The van der Waals surface area contributed by atoms with Crippen molar-refractivity contribution in [3.63, 3.8) is 0 Å². The Morgan fingerprint density at radius 1 is 1.24 bits per heavy atom. The van der Waals surface area contributed by atoms with Gasteiger partial charge in [-0.15, -0.1) is 0 Å². The van der Waals surface area contributed by atoms with Gasteiger partial charge in [0.05, 0.1) is 12.8 Å². The minimum atomic E-state index is -0.0163. The van der Waals surface area contributed by atoms with Crippen LogP contribution in [0.15, 0.2) is 36.7 Å². The van der Waals surface area contributed by atoms with Crippen LogP contribution >= 0.6 is 0 Å². The van der Waals surface area contributed by atoms with Gasteiger partial charge in [-0.2, -0.15) is 0 Å². The van der Waals surface area contributed by atoms with E-state index in [4.69, 9.17) is 4.74 Å². The number of hydrogen-bond acceptors (Lipinski definition) is 4. The maximum atomic E-state index is 12.6. The highest BCUT2D eigenvalue weighted by atomic mass is 16.5. The van der Waals surface area contributed by atoms with Crippen LogP contribution in [0.2, 0.25) is 0 Å². The van der Waals surface area contributed by atoms with Crippen LogP contribution < -0.4 is 10.1 Å². The Hall–Kier alpha value is -2.20. The maximum Gasteiger partial charge on any atom is 0.194 e. The van der Waals surface area contributed by atoms with Crippen LogP contribution in [0.25, 0.3) is 0 Å². The number of fused-ring (bicyclic) bond motifs is 1. The van der Waals surface area contributed by atoms with Crippen molar-refractivity contribution in [1.29, 1.82) is 0 Å². The lowest BCUT2D eigenvalue weighted by molar-refractivity contribution is 0.103. The third kappa shape index (κ3) is 2.95. The summed E-state index contributed by atoms with van der Waals surface area (Å²) in [6.07, 6.45) is 4.23. The zero-order valence-electron chi connectivity index (χ0n) is 12.1. The van der Waals surface area contributed by atoms with Gasteiger partial charge in [-0.05, 0) is 43.1 Å². The Morgan fingerprint density at radius 3 is 3.00 bits per heavy atom. The molecule has 0 amide bonds. The van der Waals surface area contributed by atoms with E-state index < -0.39 is 0 Å². The fourth-order valence-corrected chi connectivity index (χ4v) is 2.58. The van der Waals surface area contributed by atoms with Crippen molar-refractivity contribution in [3.05, 3.63) is 58.9 Å². The van der Waals surface area contributed by atoms with Crippen LogP contribution in [0.4, 0.5) is 0 Å². The highest BCUT2D eigenvalue weighted by Crippen LogP contribution is 2.19. The first-order valence-corrected chi connectivity index (χ1v) is 7.23. The van der Waals surface area contributed by atoms with Gasteiger partial charge < -0.3 is 10.1 Å². The minimum Gasteiger partial charge on any atom is -0.492 e. The zero-order valence-corrected chi connectivity index (χ0v) is 12.1. The minimum absolute atomic E-state index is 0.0163. The summed E-state index contributed by atoms with van der Waals surface area (Å²) in [6.45, 7) is 4.29. The number of nitrogens with one attached hydrogen (secondary N) is 1. The molecular formula is C17H18N2O2. The second-order valence-electron chi connectivity index (χ2n) is 5.08. The lowest BCUT2D eigenvalue weighted by Crippen LogP contribution is -2.23. The van der Waals surface area contributed by atoms with Gasteiger partial charge in [0.25, 0.3) is 0 Å². The van der Waals surface area contributed by atoms with Crippen molar-refractivity contribution in [2.75, 3.05) is 13.2 Å². The third-order valence-corrected chi connectivity index (χ3v) is 3.64. The molecule has 1 aliphatic heterocycles. The highest BCUT2D eigenvalue weighted by molar-refractivity contribution is 6.09. The lowest BCUT2D eigenvalue weighted by Gasteiger charge is -2.17. The molecule has 3 rings (SSSR count). The van der Waals surface area contributed by atoms with Crippen LogP contribution in [-0.4, -0.2) is 23.9 Å². The molecule has 1 aromatic carbocycles. The van der Waals surface area contributed by atoms with E-state index in [1.165, 1.54) is 11.1 Å². The van der Waals surface area contributed by atoms with E-state index in [-0.39, 0.29) is 5.78 Å². The molecule has 2 heterocycles. The number of hydrogen-bond donors (Lipinski definition) is 1. The average molecular weight is 282 g/mol. The number of carbonyl (C=O) groups excluding carboxylic acids is 1. The first-order valence-electron chi connectivity index (χ1n) is 7.23. The SMILES string of the molecule is CCOc1cncc(C(=O)c2ccc3c(c2)CNCC3)c1. The molecule has 4 nitrogen and oxygen atoms in total. The van der Waals surface area contributed by atoms with Crippen LogP contribution in [0.1, 0.15) is 34.0 Å². The fourth-order valence-electron chi connectivity index (χ4n) is 2.58. The third-order valence-electron chi connectivity index (χ3n) is 3.64. The molecule has 0 saturated heterocycles. The van der Waals surface area contributed by atoms with Gasteiger partial charge in [-0.3, -0.25) is 9.78 Å². The van der Waals surface area contributed by atoms with Crippen molar-refractivity contribution in [2.24, 2.45) is 0 Å². The summed E-state index contributed by atoms with van der Waals surface area (Å²) in [6, 6.07) is 7.69. The second kappa shape index (κ2) is 6.06. The monoisotopic (exact) mass is 282 g/mol. The van der Waals surface area contributed by atoms with Crippen molar-refractivity contribution in [1.82, 2.24) is 10.3 Å². The molecule has 1 N–H and O–H groups in total. The normalized spacial score (nSPS) is 13.6. The first kappa shape index (κ1) is 13.8. The Labute approximate surface area is 124 Å². The summed E-state index contributed by atoms with van der Waals surface area (Å²) in [5.41, 5.74) is 3.80. The topological polar surface area (TPSA) is 51.2 Å². The molecule has 0 unspecified atom stereocenters. The molecule has 0 bridgehead atoms. The summed E-state index contributed by atoms with van der Waals surface area (Å²) in [4.78, 5) is 16.7. The Morgan fingerprint density at radius 2 is 2.14 bits per heavy atom. The van der Waals surface area contributed by atoms with E-state index in [1.807, 2.05) is 19.1 Å². The quantitative estimate of drug-likeness (QED) is 0.875. The van der Waals surface area contributed by atoms with Crippen molar-refractivity contribution in [3.8, 4) is 5.75 Å². The number of nitrogens with zero attached hydrogens (tertiary/aromatic N) is 1. The molecule has 0 spiro atoms. The first-order chi connectivity index (χ1) is 10.3. The van der Waals surface area contributed by atoms with Gasteiger partial charge in [0.1, 0.15) is 5.75 Å². The predicted octanol–water partition coefficient (Wildman–Crippen LogP) is 2.36. The average Bonchev–Trinajstić information content (AvgIpc) is 2.54. The van der Waals surface area contributed by atoms with Crippen molar-refractivity contribution in [2.45, 2.75) is 19.9 Å². The number of ketones is 1. The van der Waals surface area contributed by atoms with Crippen molar-refractivity contribution >= 4 is 5.78 Å². The summed E-state index contributed by atoms with van der Waals surface area (Å²) in [5, 5.41) is 3.33. The van der Waals surface area contributed by atoms with Crippen LogP contribution in [-0.2, 0) is 13.0 Å². The van der Waals surface area contributed by atoms with Crippen LogP contribution in [0.3, 0.4) is 0 Å². The number of rotatable bonds is 4. The number of aromatic nitrogens is 1. The van der Waals surface area contributed by atoms with Gasteiger partial charge in [0.15, 0.2) is 5.78 Å². The molecule has 4 heteroatoms. The molecular weight excluding hydrogens is 264 g/mol. The molecule has 1 aromatic heterocycles. The summed E-state index contributed by atoms with van der Waals surface area (Å²) >= 11 is 0. The Bertz CT molecular complexity index is 668. The molecule has 0 atom stereocenters. The number of benzene rings is 1. The van der Waals surface area contributed by atoms with Crippen LogP contribution in [0, 0.1) is 0 Å². The fraction of sp³-hybridized carbons (Fsp3) is 0.294. The van der Waals surface area contributed by atoms with Gasteiger partial charge in [-0.1, -0.05) is 12.1 Å². The number of pyridine rings is 1. The van der Waals surface area contributed by atoms with Gasteiger partial charge in [0.2, 0.25) is 0 Å². The second-order valence-corrected chi connectivity index (χ2v) is 5.08. The smallest absolute Gasteiger partial charge is 0.194 e. The molecule has 0 fully saturated rings. The molecule has 0 radical (unpaired) electrons. The van der Waals surface area contributed by atoms with E-state index >= 15 is 0 Å². The molecule has 1 aliphatic rings. The highest BCUT2D eigenvalue weighted by Gasteiger charge is 2.14. The lowest BCUT2D eigenvalue weighted by atomic mass is 9.95. The van der Waals surface area contributed by atoms with Gasteiger partial charge in [0, 0.05) is 23.9 Å². The predicted molar refractivity (Wildman–Crippen MR) is 80.7 cm³/mol. The van der Waals surface area contributed by atoms with Gasteiger partial charge >= 0.3 is 0 Å². The van der Waals surface area contributed by atoms with Gasteiger partial charge in [-0.25, -0.2) is 0 Å². The zero-order chi connectivity index (χ0) is 14.7. The van der Waals surface area contributed by atoms with E-state index in [9.17, 15) is 4.79 Å². The number of ether oxygens (including phenoxy) is 1. The summed E-state index contributed by atoms with van der Waals surface area (Å²) < 4.78 is 5.40.